The van der Waals surface area contributed by atoms with Crippen molar-refractivity contribution in [3.05, 3.63) is 29.8 Å². The highest BCUT2D eigenvalue weighted by molar-refractivity contribution is 14.0. The van der Waals surface area contributed by atoms with Crippen LogP contribution in [0.25, 0.3) is 0 Å². The number of nitrogens with one attached hydrogen (secondary N) is 1. The number of benzene rings is 1. The molecule has 0 aliphatic carbocycles. The van der Waals surface area contributed by atoms with E-state index in [1.54, 1.807) is 0 Å². The SMILES string of the molecule is CC(C)COCCCN=C(N)NC1CCOc2ccccc21.I. The number of nitrogens with two attached hydrogens (primary N) is 1. The van der Waals surface area contributed by atoms with E-state index in [1.165, 1.54) is 0 Å². The molecule has 0 radical (unpaired) electrons. The Balaban J connectivity index is 0.00000264. The standard InChI is InChI=1S/C17H27N3O2.HI/c1-13(2)12-21-10-5-9-19-17(18)20-15-8-11-22-16-7-4-3-6-14(15)16;/h3-4,6-7,13,15H,5,8-12H2,1-2H3,(H3,18,19,20);1H. The van der Waals surface area contributed by atoms with Crippen LogP contribution in [0.3, 0.4) is 0 Å². The number of fused-ring (bicyclic) bond motifs is 1. The molecule has 0 amide bonds. The first-order valence-electron chi connectivity index (χ1n) is 8.02. The summed E-state index contributed by atoms with van der Waals surface area (Å²) in [4.78, 5) is 4.37. The Morgan fingerprint density at radius 2 is 2.22 bits per heavy atom. The van der Waals surface area contributed by atoms with E-state index in [-0.39, 0.29) is 30.0 Å². The predicted octanol–water partition coefficient (Wildman–Crippen LogP) is 3.10. The fourth-order valence-corrected chi connectivity index (χ4v) is 2.40. The summed E-state index contributed by atoms with van der Waals surface area (Å²) in [6, 6.07) is 8.23. The van der Waals surface area contributed by atoms with Crippen LogP contribution in [0.1, 0.15) is 38.3 Å². The van der Waals surface area contributed by atoms with Gasteiger partial charge in [-0.3, -0.25) is 4.99 Å². The maximum absolute atomic E-state index is 5.98. The van der Waals surface area contributed by atoms with Crippen molar-refractivity contribution in [2.45, 2.75) is 32.7 Å². The van der Waals surface area contributed by atoms with Gasteiger partial charge in [0, 0.05) is 31.7 Å². The van der Waals surface area contributed by atoms with E-state index in [0.717, 1.165) is 37.4 Å². The topological polar surface area (TPSA) is 68.9 Å². The molecule has 0 bridgehead atoms. The molecule has 0 saturated heterocycles. The molecule has 0 aromatic heterocycles. The van der Waals surface area contributed by atoms with Crippen LogP contribution in [0.4, 0.5) is 0 Å². The highest BCUT2D eigenvalue weighted by Gasteiger charge is 2.20. The predicted molar refractivity (Wildman–Crippen MR) is 105 cm³/mol. The first kappa shape index (κ1) is 20.0. The van der Waals surface area contributed by atoms with E-state index >= 15 is 0 Å². The summed E-state index contributed by atoms with van der Waals surface area (Å²) in [5.41, 5.74) is 7.13. The Kier molecular flexibility index (Phi) is 9.31. The molecule has 1 aromatic rings. The van der Waals surface area contributed by atoms with Gasteiger partial charge in [0.15, 0.2) is 5.96 Å². The monoisotopic (exact) mass is 433 g/mol. The van der Waals surface area contributed by atoms with Crippen molar-refractivity contribution in [2.75, 3.05) is 26.4 Å². The lowest BCUT2D eigenvalue weighted by molar-refractivity contribution is 0.109. The molecule has 1 aliphatic rings. The van der Waals surface area contributed by atoms with Crippen molar-refractivity contribution >= 4 is 29.9 Å². The molecule has 1 unspecified atom stereocenters. The van der Waals surface area contributed by atoms with Crippen molar-refractivity contribution in [1.82, 2.24) is 5.32 Å². The largest absolute Gasteiger partial charge is 0.493 e. The average molecular weight is 433 g/mol. The van der Waals surface area contributed by atoms with E-state index in [0.29, 0.717) is 25.0 Å². The van der Waals surface area contributed by atoms with E-state index < -0.39 is 0 Å². The van der Waals surface area contributed by atoms with Crippen LogP contribution < -0.4 is 15.8 Å². The molecule has 0 spiro atoms. The van der Waals surface area contributed by atoms with Gasteiger partial charge in [0.1, 0.15) is 5.75 Å². The van der Waals surface area contributed by atoms with Gasteiger partial charge in [0.25, 0.3) is 0 Å². The normalized spacial score (nSPS) is 17.2. The van der Waals surface area contributed by atoms with Gasteiger partial charge in [-0.1, -0.05) is 32.0 Å². The molecule has 6 heteroatoms. The van der Waals surface area contributed by atoms with Gasteiger partial charge in [-0.15, -0.1) is 24.0 Å². The highest BCUT2D eigenvalue weighted by Crippen LogP contribution is 2.31. The van der Waals surface area contributed by atoms with Crippen molar-refractivity contribution in [3.8, 4) is 5.75 Å². The Labute approximate surface area is 156 Å². The third-order valence-electron chi connectivity index (χ3n) is 3.46. The molecule has 0 fully saturated rings. The molecular formula is C17H28IN3O2. The molecule has 0 saturated carbocycles. The van der Waals surface area contributed by atoms with Crippen molar-refractivity contribution < 1.29 is 9.47 Å². The van der Waals surface area contributed by atoms with Crippen molar-refractivity contribution in [1.29, 1.82) is 0 Å². The summed E-state index contributed by atoms with van der Waals surface area (Å²) in [6.45, 7) is 7.20. The van der Waals surface area contributed by atoms with Gasteiger partial charge in [0.2, 0.25) is 0 Å². The van der Waals surface area contributed by atoms with Crippen LogP contribution in [0.15, 0.2) is 29.3 Å². The lowest BCUT2D eigenvalue weighted by Gasteiger charge is -2.26. The molecule has 130 valence electrons. The van der Waals surface area contributed by atoms with E-state index in [2.05, 4.69) is 30.2 Å². The van der Waals surface area contributed by atoms with Crippen molar-refractivity contribution in [2.24, 2.45) is 16.6 Å². The second kappa shape index (κ2) is 10.7. The summed E-state index contributed by atoms with van der Waals surface area (Å²) in [5, 5.41) is 3.29. The van der Waals surface area contributed by atoms with Gasteiger partial charge < -0.3 is 20.5 Å². The minimum Gasteiger partial charge on any atom is -0.493 e. The highest BCUT2D eigenvalue weighted by atomic mass is 127. The number of rotatable bonds is 7. The summed E-state index contributed by atoms with van der Waals surface area (Å²) in [6.07, 6.45) is 1.78. The molecule has 1 aromatic carbocycles. The molecule has 3 N–H and O–H groups in total. The van der Waals surface area contributed by atoms with Gasteiger partial charge in [-0.2, -0.15) is 0 Å². The molecule has 1 aliphatic heterocycles. The Morgan fingerprint density at radius 1 is 1.43 bits per heavy atom. The zero-order valence-electron chi connectivity index (χ0n) is 14.0. The van der Waals surface area contributed by atoms with Crippen LogP contribution >= 0.6 is 24.0 Å². The third-order valence-corrected chi connectivity index (χ3v) is 3.46. The van der Waals surface area contributed by atoms with Gasteiger partial charge in [0.05, 0.1) is 12.6 Å². The number of ether oxygens (including phenoxy) is 2. The van der Waals surface area contributed by atoms with Crippen LogP contribution in [-0.2, 0) is 4.74 Å². The zero-order valence-corrected chi connectivity index (χ0v) is 16.3. The summed E-state index contributed by atoms with van der Waals surface area (Å²) in [7, 11) is 0. The van der Waals surface area contributed by atoms with Crippen LogP contribution in [0.5, 0.6) is 5.75 Å². The van der Waals surface area contributed by atoms with E-state index in [4.69, 9.17) is 15.2 Å². The number of aliphatic imine (C=N–C) groups is 1. The number of para-hydroxylation sites is 1. The van der Waals surface area contributed by atoms with Gasteiger partial charge >= 0.3 is 0 Å². The Bertz CT molecular complexity index is 494. The first-order valence-corrected chi connectivity index (χ1v) is 8.02. The summed E-state index contributed by atoms with van der Waals surface area (Å²) in [5.74, 6) is 2.00. The minimum atomic E-state index is 0. The molecule has 1 atom stereocenters. The molecule has 2 rings (SSSR count). The van der Waals surface area contributed by atoms with Gasteiger partial charge in [-0.05, 0) is 18.4 Å². The lowest BCUT2D eigenvalue weighted by atomic mass is 10.0. The number of halogens is 1. The number of nitrogens with zero attached hydrogens (tertiary/aromatic N) is 1. The zero-order chi connectivity index (χ0) is 15.8. The Morgan fingerprint density at radius 3 is 3.00 bits per heavy atom. The quantitative estimate of drug-likeness (QED) is 0.300. The molecule has 5 nitrogen and oxygen atoms in total. The number of guanidine groups is 1. The van der Waals surface area contributed by atoms with E-state index in [9.17, 15) is 0 Å². The summed E-state index contributed by atoms with van der Waals surface area (Å²) < 4.78 is 11.2. The fraction of sp³-hybridized carbons (Fsp3) is 0.588. The molecular weight excluding hydrogens is 405 g/mol. The third kappa shape index (κ3) is 6.95. The van der Waals surface area contributed by atoms with E-state index in [1.807, 2.05) is 18.2 Å². The van der Waals surface area contributed by atoms with Crippen LogP contribution in [-0.4, -0.2) is 32.3 Å². The first-order chi connectivity index (χ1) is 10.7. The smallest absolute Gasteiger partial charge is 0.189 e. The van der Waals surface area contributed by atoms with Gasteiger partial charge in [-0.25, -0.2) is 0 Å². The minimum absolute atomic E-state index is 0. The lowest BCUT2D eigenvalue weighted by Crippen LogP contribution is -2.37. The Hall–Kier alpha value is -1.02. The number of hydrogen-bond donors (Lipinski definition) is 2. The average Bonchev–Trinajstić information content (AvgIpc) is 2.51. The second-order valence-corrected chi connectivity index (χ2v) is 5.96. The summed E-state index contributed by atoms with van der Waals surface area (Å²) >= 11 is 0. The molecule has 23 heavy (non-hydrogen) atoms. The maximum atomic E-state index is 5.98. The maximum Gasteiger partial charge on any atom is 0.189 e. The van der Waals surface area contributed by atoms with Crippen LogP contribution in [0, 0.1) is 5.92 Å². The molecule has 1 heterocycles. The van der Waals surface area contributed by atoms with Crippen molar-refractivity contribution in [3.63, 3.8) is 0 Å². The second-order valence-electron chi connectivity index (χ2n) is 5.96. The number of hydrogen-bond acceptors (Lipinski definition) is 3. The fourth-order valence-electron chi connectivity index (χ4n) is 2.40. The van der Waals surface area contributed by atoms with Crippen LogP contribution in [0.2, 0.25) is 0 Å².